The lowest BCUT2D eigenvalue weighted by Crippen LogP contribution is -2.46. The molecule has 1 aromatic rings. The van der Waals surface area contributed by atoms with Crippen molar-refractivity contribution in [1.29, 1.82) is 0 Å². The van der Waals surface area contributed by atoms with Gasteiger partial charge in [-0.25, -0.2) is 0 Å². The minimum absolute atomic E-state index is 0.156. The molecular weight excluding hydrogens is 279 g/mol. The van der Waals surface area contributed by atoms with Crippen molar-refractivity contribution in [1.82, 2.24) is 0 Å². The molecule has 0 nitrogen and oxygen atoms in total. The summed E-state index contributed by atoms with van der Waals surface area (Å²) in [5, 5.41) is -0.156. The van der Waals surface area contributed by atoms with Crippen LogP contribution in [-0.4, -0.2) is 6.00 Å². The quantitative estimate of drug-likeness (QED) is 0.527. The molecule has 1 fully saturated rings. The van der Waals surface area contributed by atoms with Crippen LogP contribution in [0.5, 0.6) is 0 Å². The van der Waals surface area contributed by atoms with Crippen molar-refractivity contribution in [2.24, 2.45) is 0 Å². The molecule has 0 aromatic heterocycles. The van der Waals surface area contributed by atoms with Crippen LogP contribution in [0.15, 0.2) is 30.3 Å². The summed E-state index contributed by atoms with van der Waals surface area (Å²) in [7, 11) is 0. The molecule has 0 spiro atoms. The van der Waals surface area contributed by atoms with Gasteiger partial charge in [-0.05, 0) is 18.4 Å². The lowest BCUT2D eigenvalue weighted by atomic mass is 9.83. The van der Waals surface area contributed by atoms with Gasteiger partial charge in [-0.2, -0.15) is 0 Å². The topological polar surface area (TPSA) is 0 Å². The molecule has 88 valence electrons. The first-order valence-electron chi connectivity index (χ1n) is 5.68. The minimum atomic E-state index is -2.73. The summed E-state index contributed by atoms with van der Waals surface area (Å²) in [6, 6.07) is 7.58. The van der Waals surface area contributed by atoms with E-state index in [4.69, 9.17) is 33.2 Å². The third-order valence-electron chi connectivity index (χ3n) is 3.58. The Labute approximate surface area is 112 Å². The van der Waals surface area contributed by atoms with Crippen molar-refractivity contribution in [3.63, 3.8) is 0 Å². The highest BCUT2D eigenvalue weighted by molar-refractivity contribution is 7.65. The predicted octanol–water partition coefficient (Wildman–Crippen LogP) is 5.08. The zero-order valence-electron chi connectivity index (χ0n) is 9.06. The molecule has 1 aromatic carbocycles. The Morgan fingerprint density at radius 1 is 0.875 bits per heavy atom. The molecule has 1 aliphatic rings. The highest BCUT2D eigenvalue weighted by Crippen LogP contribution is 2.51. The van der Waals surface area contributed by atoms with Gasteiger partial charge in [0.15, 0.2) is 0 Å². The minimum Gasteiger partial charge on any atom is -0.125 e. The average Bonchev–Trinajstić information content (AvgIpc) is 2.30. The van der Waals surface area contributed by atoms with E-state index in [0.29, 0.717) is 0 Å². The van der Waals surface area contributed by atoms with E-state index in [1.54, 1.807) is 0 Å². The number of hydrogen-bond acceptors (Lipinski definition) is 0. The first-order chi connectivity index (χ1) is 7.56. The van der Waals surface area contributed by atoms with Gasteiger partial charge in [-0.3, -0.25) is 0 Å². The van der Waals surface area contributed by atoms with Gasteiger partial charge in [0.05, 0.1) is 0 Å². The summed E-state index contributed by atoms with van der Waals surface area (Å²) in [4.78, 5) is 0. The zero-order chi connectivity index (χ0) is 11.6. The van der Waals surface area contributed by atoms with E-state index >= 15 is 0 Å². The summed E-state index contributed by atoms with van der Waals surface area (Å²) in [5.41, 5.74) is 1.22. The molecule has 0 atom stereocenters. The second-order valence-corrected chi connectivity index (χ2v) is 13.3. The van der Waals surface area contributed by atoms with E-state index < -0.39 is 6.00 Å². The van der Waals surface area contributed by atoms with Crippen LogP contribution in [0.2, 0.25) is 0 Å². The lowest BCUT2D eigenvalue weighted by Gasteiger charge is -2.41. The molecule has 2 rings (SSSR count). The standard InChI is InChI=1S/C12H15Cl3Si/c13-16(14,15)12(9-5-2-6-10-12)11-7-3-1-4-8-11/h1,3-4,7-8H,2,5-6,9-10H2. The maximum absolute atomic E-state index is 6.37. The Kier molecular flexibility index (Phi) is 3.90. The Balaban J connectivity index is 2.42. The molecule has 0 N–H and O–H groups in total. The van der Waals surface area contributed by atoms with Crippen LogP contribution in [0.3, 0.4) is 0 Å². The normalized spacial score (nSPS) is 20.7. The molecule has 0 aliphatic heterocycles. The van der Waals surface area contributed by atoms with Crippen molar-refractivity contribution < 1.29 is 0 Å². The third kappa shape index (κ3) is 2.28. The van der Waals surface area contributed by atoms with Crippen molar-refractivity contribution in [3.8, 4) is 0 Å². The Bertz CT molecular complexity index is 339. The second kappa shape index (κ2) is 4.89. The fourth-order valence-electron chi connectivity index (χ4n) is 2.65. The zero-order valence-corrected chi connectivity index (χ0v) is 12.3. The molecule has 0 amide bonds. The van der Waals surface area contributed by atoms with Gasteiger partial charge in [0.25, 0.3) is 0 Å². The molecule has 1 aliphatic carbocycles. The molecule has 0 saturated heterocycles. The monoisotopic (exact) mass is 292 g/mol. The van der Waals surface area contributed by atoms with E-state index in [0.717, 1.165) is 12.8 Å². The van der Waals surface area contributed by atoms with E-state index in [1.807, 2.05) is 18.2 Å². The van der Waals surface area contributed by atoms with Gasteiger partial charge in [-0.1, -0.05) is 49.6 Å². The van der Waals surface area contributed by atoms with E-state index in [1.165, 1.54) is 24.8 Å². The van der Waals surface area contributed by atoms with Gasteiger partial charge in [0, 0.05) is 5.04 Å². The Hall–Kier alpha value is 0.307. The SMILES string of the molecule is Cl[Si](Cl)(Cl)C1(c2ccccc2)CCCCC1. The van der Waals surface area contributed by atoms with Crippen molar-refractivity contribution in [3.05, 3.63) is 35.9 Å². The molecular formula is C12H15Cl3Si. The van der Waals surface area contributed by atoms with Crippen LogP contribution >= 0.6 is 33.2 Å². The van der Waals surface area contributed by atoms with Crippen LogP contribution in [0.4, 0.5) is 0 Å². The van der Waals surface area contributed by atoms with Crippen molar-refractivity contribution in [2.45, 2.75) is 37.1 Å². The number of benzene rings is 1. The summed E-state index contributed by atoms with van der Waals surface area (Å²) in [6.07, 6.45) is 5.68. The van der Waals surface area contributed by atoms with Crippen LogP contribution in [0.1, 0.15) is 37.7 Å². The molecule has 0 radical (unpaired) electrons. The second-order valence-electron chi connectivity index (χ2n) is 4.51. The summed E-state index contributed by atoms with van der Waals surface area (Å²) in [6.45, 7) is 0. The van der Waals surface area contributed by atoms with Gasteiger partial charge >= 0.3 is 6.00 Å². The van der Waals surface area contributed by atoms with Gasteiger partial charge in [0.2, 0.25) is 0 Å². The van der Waals surface area contributed by atoms with Crippen LogP contribution < -0.4 is 0 Å². The van der Waals surface area contributed by atoms with Crippen molar-refractivity contribution >= 4 is 39.2 Å². The number of hydrogen-bond donors (Lipinski definition) is 0. The molecule has 16 heavy (non-hydrogen) atoms. The average molecular weight is 294 g/mol. The molecule has 0 unspecified atom stereocenters. The fourth-order valence-corrected chi connectivity index (χ4v) is 6.75. The van der Waals surface area contributed by atoms with Crippen molar-refractivity contribution in [2.75, 3.05) is 0 Å². The van der Waals surface area contributed by atoms with E-state index in [2.05, 4.69) is 12.1 Å². The first kappa shape index (κ1) is 12.8. The van der Waals surface area contributed by atoms with Crippen LogP contribution in [-0.2, 0) is 5.04 Å². The molecule has 0 bridgehead atoms. The maximum Gasteiger partial charge on any atom is 0.351 e. The smallest absolute Gasteiger partial charge is 0.125 e. The summed E-state index contributed by atoms with van der Waals surface area (Å²) >= 11 is 19.1. The maximum atomic E-state index is 6.37. The Morgan fingerprint density at radius 2 is 1.44 bits per heavy atom. The summed E-state index contributed by atoms with van der Waals surface area (Å²) in [5.74, 6) is 0. The first-order valence-corrected chi connectivity index (χ1v) is 10.7. The fraction of sp³-hybridized carbons (Fsp3) is 0.500. The Morgan fingerprint density at radius 3 is 1.94 bits per heavy atom. The van der Waals surface area contributed by atoms with Gasteiger partial charge < -0.3 is 0 Å². The molecule has 1 saturated carbocycles. The molecule has 0 heterocycles. The highest BCUT2D eigenvalue weighted by atomic mass is 35.8. The van der Waals surface area contributed by atoms with Gasteiger partial charge in [0.1, 0.15) is 0 Å². The largest absolute Gasteiger partial charge is 0.351 e. The summed E-state index contributed by atoms with van der Waals surface area (Å²) < 4.78 is 0. The highest BCUT2D eigenvalue weighted by Gasteiger charge is 2.52. The van der Waals surface area contributed by atoms with E-state index in [-0.39, 0.29) is 5.04 Å². The third-order valence-corrected chi connectivity index (χ3v) is 8.71. The number of rotatable bonds is 2. The van der Waals surface area contributed by atoms with Gasteiger partial charge in [-0.15, -0.1) is 33.2 Å². The predicted molar refractivity (Wildman–Crippen MR) is 74.5 cm³/mol. The van der Waals surface area contributed by atoms with Crippen LogP contribution in [0, 0.1) is 0 Å². The van der Waals surface area contributed by atoms with E-state index in [9.17, 15) is 0 Å². The number of halogens is 3. The molecule has 4 heteroatoms. The lowest BCUT2D eigenvalue weighted by molar-refractivity contribution is 0.392. The van der Waals surface area contributed by atoms with Crippen LogP contribution in [0.25, 0.3) is 0 Å².